The zero-order valence-corrected chi connectivity index (χ0v) is 13.6. The maximum absolute atomic E-state index is 9.58. The highest BCUT2D eigenvalue weighted by molar-refractivity contribution is 6.32. The lowest BCUT2D eigenvalue weighted by Crippen LogP contribution is -1.96. The maximum atomic E-state index is 9.58. The molecule has 0 saturated carbocycles. The van der Waals surface area contributed by atoms with E-state index < -0.39 is 6.10 Å². The van der Waals surface area contributed by atoms with E-state index in [2.05, 4.69) is 26.0 Å². The molecular weight excluding hydrogens is 284 g/mol. The molecule has 0 spiro atoms. The van der Waals surface area contributed by atoms with E-state index >= 15 is 0 Å². The molecule has 0 aliphatic carbocycles. The van der Waals surface area contributed by atoms with Gasteiger partial charge in [0.15, 0.2) is 0 Å². The third kappa shape index (κ3) is 3.78. The average molecular weight is 305 g/mol. The Morgan fingerprint density at radius 2 is 1.71 bits per heavy atom. The highest BCUT2D eigenvalue weighted by Gasteiger charge is 2.12. The molecule has 0 aliphatic heterocycles. The van der Waals surface area contributed by atoms with Gasteiger partial charge in [-0.2, -0.15) is 0 Å². The first-order valence-corrected chi connectivity index (χ1v) is 7.52. The lowest BCUT2D eigenvalue weighted by molar-refractivity contribution is 0.199. The van der Waals surface area contributed by atoms with Gasteiger partial charge in [0.2, 0.25) is 0 Å². The smallest absolute Gasteiger partial charge is 0.146 e. The highest BCUT2D eigenvalue weighted by Crippen LogP contribution is 2.35. The fourth-order valence-electron chi connectivity index (χ4n) is 2.19. The van der Waals surface area contributed by atoms with Crippen molar-refractivity contribution in [3.8, 4) is 11.5 Å². The molecule has 1 atom stereocenters. The molecule has 0 saturated heterocycles. The average Bonchev–Trinajstić information content (AvgIpc) is 2.40. The molecule has 0 unspecified atom stereocenters. The molecule has 0 aromatic heterocycles. The molecule has 21 heavy (non-hydrogen) atoms. The largest absolute Gasteiger partial charge is 0.455 e. The van der Waals surface area contributed by atoms with Gasteiger partial charge in [-0.15, -0.1) is 0 Å². The number of rotatable bonds is 4. The third-order valence-electron chi connectivity index (χ3n) is 3.45. The fourth-order valence-corrected chi connectivity index (χ4v) is 2.41. The normalized spacial score (nSPS) is 12.5. The predicted molar refractivity (Wildman–Crippen MR) is 87.4 cm³/mol. The molecule has 0 aliphatic rings. The van der Waals surface area contributed by atoms with Crippen LogP contribution in [0.2, 0.25) is 5.02 Å². The second-order valence-corrected chi connectivity index (χ2v) is 6.07. The minimum Gasteiger partial charge on any atom is -0.455 e. The standard InChI is InChI=1S/C18H21ClO2/c1-11(2)15-7-5-12(3)9-18(15)21-17-8-6-14(13(4)20)10-16(17)19/h5-11,13,20H,1-4H3/t13-/m0/s1. The van der Waals surface area contributed by atoms with Crippen LogP contribution in [0.15, 0.2) is 36.4 Å². The number of aliphatic hydroxyl groups excluding tert-OH is 1. The van der Waals surface area contributed by atoms with Crippen LogP contribution >= 0.6 is 11.6 Å². The van der Waals surface area contributed by atoms with Crippen molar-refractivity contribution in [2.75, 3.05) is 0 Å². The fraction of sp³-hybridized carbons (Fsp3) is 0.333. The highest BCUT2D eigenvalue weighted by atomic mass is 35.5. The molecule has 2 aromatic rings. The minimum absolute atomic E-state index is 0.371. The molecule has 3 heteroatoms. The summed E-state index contributed by atoms with van der Waals surface area (Å²) in [5.41, 5.74) is 3.07. The Labute approximate surface area is 131 Å². The Bertz CT molecular complexity index is 633. The molecule has 2 rings (SSSR count). The summed E-state index contributed by atoms with van der Waals surface area (Å²) in [6.07, 6.45) is -0.540. The number of aryl methyl sites for hydroxylation is 1. The van der Waals surface area contributed by atoms with E-state index in [1.54, 1.807) is 19.1 Å². The van der Waals surface area contributed by atoms with Crippen LogP contribution in [0.5, 0.6) is 11.5 Å². The molecular formula is C18H21ClO2. The van der Waals surface area contributed by atoms with Crippen molar-refractivity contribution in [3.63, 3.8) is 0 Å². The van der Waals surface area contributed by atoms with Gasteiger partial charge in [0.1, 0.15) is 11.5 Å². The van der Waals surface area contributed by atoms with E-state index in [0.29, 0.717) is 16.7 Å². The van der Waals surface area contributed by atoms with Crippen molar-refractivity contribution >= 4 is 11.6 Å². The Morgan fingerprint density at radius 3 is 2.29 bits per heavy atom. The number of aliphatic hydroxyl groups is 1. The maximum Gasteiger partial charge on any atom is 0.146 e. The van der Waals surface area contributed by atoms with Crippen LogP contribution in [-0.4, -0.2) is 5.11 Å². The molecule has 0 amide bonds. The van der Waals surface area contributed by atoms with Gasteiger partial charge in [0.05, 0.1) is 11.1 Å². The van der Waals surface area contributed by atoms with Gasteiger partial charge in [-0.25, -0.2) is 0 Å². The van der Waals surface area contributed by atoms with Crippen molar-refractivity contribution < 1.29 is 9.84 Å². The third-order valence-corrected chi connectivity index (χ3v) is 3.74. The first-order chi connectivity index (χ1) is 9.88. The van der Waals surface area contributed by atoms with Crippen LogP contribution in [0.25, 0.3) is 0 Å². The van der Waals surface area contributed by atoms with Crippen LogP contribution in [0, 0.1) is 6.92 Å². The first kappa shape index (κ1) is 15.9. The van der Waals surface area contributed by atoms with E-state index in [1.807, 2.05) is 19.1 Å². The van der Waals surface area contributed by atoms with Crippen molar-refractivity contribution in [2.45, 2.75) is 39.7 Å². The predicted octanol–water partition coefficient (Wildman–Crippen LogP) is 5.62. The van der Waals surface area contributed by atoms with E-state index in [1.165, 1.54) is 0 Å². The molecule has 0 fully saturated rings. The van der Waals surface area contributed by atoms with E-state index in [9.17, 15) is 5.11 Å². The molecule has 0 bridgehead atoms. The first-order valence-electron chi connectivity index (χ1n) is 7.14. The lowest BCUT2D eigenvalue weighted by atomic mass is 10.0. The summed E-state index contributed by atoms with van der Waals surface area (Å²) < 4.78 is 6.00. The van der Waals surface area contributed by atoms with Gasteiger partial charge in [-0.3, -0.25) is 0 Å². The van der Waals surface area contributed by atoms with Crippen LogP contribution < -0.4 is 4.74 Å². The summed E-state index contributed by atoms with van der Waals surface area (Å²) >= 11 is 6.26. The van der Waals surface area contributed by atoms with Gasteiger partial charge in [0, 0.05) is 0 Å². The Hall–Kier alpha value is -1.51. The van der Waals surface area contributed by atoms with Crippen molar-refractivity contribution in [1.29, 1.82) is 0 Å². The SMILES string of the molecule is Cc1ccc(C(C)C)c(Oc2ccc([C@H](C)O)cc2Cl)c1. The van der Waals surface area contributed by atoms with Gasteiger partial charge < -0.3 is 9.84 Å². The van der Waals surface area contributed by atoms with Gasteiger partial charge >= 0.3 is 0 Å². The summed E-state index contributed by atoms with van der Waals surface area (Å²) in [4.78, 5) is 0. The summed E-state index contributed by atoms with van der Waals surface area (Å²) in [6.45, 7) is 8.02. The molecule has 2 nitrogen and oxygen atoms in total. The van der Waals surface area contributed by atoms with Gasteiger partial charge in [-0.05, 0) is 54.7 Å². The topological polar surface area (TPSA) is 29.5 Å². The van der Waals surface area contributed by atoms with Crippen molar-refractivity contribution in [2.24, 2.45) is 0 Å². The van der Waals surface area contributed by atoms with Crippen LogP contribution in [-0.2, 0) is 0 Å². The van der Waals surface area contributed by atoms with Gasteiger partial charge in [0.25, 0.3) is 0 Å². The molecule has 112 valence electrons. The quantitative estimate of drug-likeness (QED) is 0.794. The number of hydrogen-bond donors (Lipinski definition) is 1. The number of halogens is 1. The summed E-state index contributed by atoms with van der Waals surface area (Å²) in [5, 5.41) is 10.1. The van der Waals surface area contributed by atoms with Crippen LogP contribution in [0.3, 0.4) is 0 Å². The lowest BCUT2D eigenvalue weighted by Gasteiger charge is -2.16. The minimum atomic E-state index is -0.540. The molecule has 1 N–H and O–H groups in total. The second-order valence-electron chi connectivity index (χ2n) is 5.66. The number of ether oxygens (including phenoxy) is 1. The van der Waals surface area contributed by atoms with E-state index in [0.717, 1.165) is 22.4 Å². The van der Waals surface area contributed by atoms with Crippen molar-refractivity contribution in [1.82, 2.24) is 0 Å². The summed E-state index contributed by atoms with van der Waals surface area (Å²) in [5.74, 6) is 1.81. The Balaban J connectivity index is 2.36. The van der Waals surface area contributed by atoms with Gasteiger partial charge in [-0.1, -0.05) is 43.6 Å². The van der Waals surface area contributed by atoms with Crippen LogP contribution in [0.1, 0.15) is 49.5 Å². The number of benzene rings is 2. The monoisotopic (exact) mass is 304 g/mol. The van der Waals surface area contributed by atoms with Crippen molar-refractivity contribution in [3.05, 3.63) is 58.1 Å². The second kappa shape index (κ2) is 6.50. The van der Waals surface area contributed by atoms with Crippen LogP contribution in [0.4, 0.5) is 0 Å². The zero-order valence-electron chi connectivity index (χ0n) is 12.9. The zero-order chi connectivity index (χ0) is 15.6. The summed E-state index contributed by atoms with van der Waals surface area (Å²) in [7, 11) is 0. The Morgan fingerprint density at radius 1 is 1.00 bits per heavy atom. The summed E-state index contributed by atoms with van der Waals surface area (Å²) in [6, 6.07) is 11.6. The molecule has 2 aromatic carbocycles. The van der Waals surface area contributed by atoms with E-state index in [4.69, 9.17) is 16.3 Å². The molecule has 0 heterocycles. The number of hydrogen-bond acceptors (Lipinski definition) is 2. The van der Waals surface area contributed by atoms with E-state index in [-0.39, 0.29) is 0 Å². The molecule has 0 radical (unpaired) electrons. The Kier molecular flexibility index (Phi) is 4.92.